The van der Waals surface area contributed by atoms with Crippen LogP contribution in [0.25, 0.3) is 10.9 Å². The molecule has 1 aromatic carbocycles. The number of benzene rings is 1. The summed E-state index contributed by atoms with van der Waals surface area (Å²) in [4.78, 5) is 17.4. The van der Waals surface area contributed by atoms with Crippen molar-refractivity contribution in [3.63, 3.8) is 0 Å². The zero-order valence-electron chi connectivity index (χ0n) is 14.2. The van der Waals surface area contributed by atoms with Crippen LogP contribution in [0.5, 0.6) is 0 Å². The lowest BCUT2D eigenvalue weighted by Gasteiger charge is -2.22. The molecule has 1 amide bonds. The predicted octanol–water partition coefficient (Wildman–Crippen LogP) is 3.26. The number of thiophene rings is 1. The molecule has 3 aromatic rings. The number of piperidine rings is 1. The van der Waals surface area contributed by atoms with Gasteiger partial charge >= 0.3 is 0 Å². The summed E-state index contributed by atoms with van der Waals surface area (Å²) < 4.78 is 1.81. The Morgan fingerprint density at radius 2 is 2.08 bits per heavy atom. The lowest BCUT2D eigenvalue weighted by atomic mass is 9.96. The van der Waals surface area contributed by atoms with Crippen LogP contribution < -0.4 is 10.2 Å². The second-order valence-corrected chi connectivity index (χ2v) is 8.12. The normalized spacial score (nSPS) is 18.3. The number of hydrogen-bond acceptors (Lipinski definition) is 4. The molecule has 0 saturated carbocycles. The van der Waals surface area contributed by atoms with Crippen LogP contribution in [-0.2, 0) is 13.6 Å². The molecule has 0 spiro atoms. The highest BCUT2D eigenvalue weighted by molar-refractivity contribution is 7.12. The van der Waals surface area contributed by atoms with Gasteiger partial charge in [-0.05, 0) is 56.1 Å². The van der Waals surface area contributed by atoms with Gasteiger partial charge in [0.05, 0.1) is 17.6 Å². The fraction of sp³-hybridized carbons (Fsp3) is 0.368. The number of rotatable bonds is 2. The highest BCUT2D eigenvalue weighted by Crippen LogP contribution is 2.39. The molecular weight excluding hydrogens is 332 g/mol. The van der Waals surface area contributed by atoms with Crippen molar-refractivity contribution in [2.45, 2.75) is 25.3 Å². The Kier molecular flexibility index (Phi) is 3.43. The van der Waals surface area contributed by atoms with E-state index in [0.717, 1.165) is 35.2 Å². The highest BCUT2D eigenvalue weighted by atomic mass is 32.1. The summed E-state index contributed by atoms with van der Waals surface area (Å²) in [5.74, 6) is 0.750. The van der Waals surface area contributed by atoms with Gasteiger partial charge in [-0.15, -0.1) is 11.3 Å². The summed E-state index contributed by atoms with van der Waals surface area (Å²) in [6.45, 7) is 2.85. The molecule has 0 aliphatic carbocycles. The third-order valence-electron chi connectivity index (χ3n) is 5.26. The second-order valence-electron chi connectivity index (χ2n) is 6.95. The van der Waals surface area contributed by atoms with Crippen molar-refractivity contribution in [3.8, 4) is 0 Å². The number of hydrogen-bond donors (Lipinski definition) is 1. The van der Waals surface area contributed by atoms with Gasteiger partial charge in [0.1, 0.15) is 0 Å². The molecule has 1 fully saturated rings. The predicted molar refractivity (Wildman–Crippen MR) is 100 cm³/mol. The Hall–Kier alpha value is -2.18. The number of aryl methyl sites for hydroxylation is 1. The van der Waals surface area contributed by atoms with Gasteiger partial charge in [-0.2, -0.15) is 5.10 Å². The van der Waals surface area contributed by atoms with Crippen molar-refractivity contribution in [3.05, 3.63) is 45.8 Å². The molecule has 128 valence electrons. The number of aromatic nitrogens is 2. The van der Waals surface area contributed by atoms with Crippen LogP contribution in [0.2, 0.25) is 0 Å². The molecule has 1 N–H and O–H groups in total. The van der Waals surface area contributed by atoms with Crippen molar-refractivity contribution in [2.75, 3.05) is 18.0 Å². The van der Waals surface area contributed by atoms with Crippen LogP contribution >= 0.6 is 11.3 Å². The van der Waals surface area contributed by atoms with E-state index in [9.17, 15) is 4.79 Å². The highest BCUT2D eigenvalue weighted by Gasteiger charge is 2.32. The van der Waals surface area contributed by atoms with Gasteiger partial charge in [0.2, 0.25) is 0 Å². The minimum absolute atomic E-state index is 0.134. The fourth-order valence-electron chi connectivity index (χ4n) is 3.93. The summed E-state index contributed by atoms with van der Waals surface area (Å²) in [6.07, 6.45) is 4.34. The first-order chi connectivity index (χ1) is 12.2. The molecular formula is C19H20N4OS. The third kappa shape index (κ3) is 2.48. The van der Waals surface area contributed by atoms with E-state index in [0.29, 0.717) is 12.5 Å². The van der Waals surface area contributed by atoms with Crippen molar-refractivity contribution in [2.24, 2.45) is 7.05 Å². The minimum Gasteiger partial charge on any atom is -0.317 e. The minimum atomic E-state index is 0.134. The summed E-state index contributed by atoms with van der Waals surface area (Å²) >= 11 is 1.83. The molecule has 0 unspecified atom stereocenters. The Bertz CT molecular complexity index is 967. The average Bonchev–Trinajstić information content (AvgIpc) is 3.28. The van der Waals surface area contributed by atoms with Gasteiger partial charge in [-0.1, -0.05) is 0 Å². The molecule has 2 aliphatic rings. The smallest absolute Gasteiger partial charge is 0.259 e. The standard InChI is InChI=1S/C19H20N4OS/c1-22-10-13-8-14(2-3-16(13)21-22)23-11-18-15(19(23)24)9-17(25-18)12-4-6-20-7-5-12/h2-3,8-10,12,20H,4-7,11H2,1H3. The zero-order chi connectivity index (χ0) is 17.0. The quantitative estimate of drug-likeness (QED) is 0.770. The Balaban J connectivity index is 1.43. The van der Waals surface area contributed by atoms with E-state index >= 15 is 0 Å². The van der Waals surface area contributed by atoms with Crippen molar-refractivity contribution in [1.29, 1.82) is 0 Å². The lowest BCUT2D eigenvalue weighted by Crippen LogP contribution is -2.26. The maximum absolute atomic E-state index is 12.9. The number of nitrogens with zero attached hydrogens (tertiary/aromatic N) is 3. The number of carbonyl (C=O) groups is 1. The number of anilines is 1. The number of nitrogens with one attached hydrogen (secondary N) is 1. The summed E-state index contributed by atoms with van der Waals surface area (Å²) in [6, 6.07) is 8.20. The first-order valence-electron chi connectivity index (χ1n) is 8.77. The summed E-state index contributed by atoms with van der Waals surface area (Å²) in [7, 11) is 1.92. The lowest BCUT2D eigenvalue weighted by molar-refractivity contribution is 0.0996. The second kappa shape index (κ2) is 5.68. The van der Waals surface area contributed by atoms with Crippen molar-refractivity contribution in [1.82, 2.24) is 15.1 Å². The average molecular weight is 352 g/mol. The molecule has 0 atom stereocenters. The fourth-order valence-corrected chi connectivity index (χ4v) is 5.24. The Labute approximate surface area is 150 Å². The monoisotopic (exact) mass is 352 g/mol. The maximum atomic E-state index is 12.9. The molecule has 5 nitrogen and oxygen atoms in total. The molecule has 0 radical (unpaired) electrons. The van der Waals surface area contributed by atoms with E-state index in [-0.39, 0.29) is 5.91 Å². The SMILES string of the molecule is Cn1cc2cc(N3Cc4sc(C5CCNCC5)cc4C3=O)ccc2n1. The van der Waals surface area contributed by atoms with Crippen LogP contribution in [0.3, 0.4) is 0 Å². The van der Waals surface area contributed by atoms with Gasteiger partial charge in [-0.25, -0.2) is 0 Å². The number of fused-ring (bicyclic) bond motifs is 2. The first-order valence-corrected chi connectivity index (χ1v) is 9.59. The molecule has 2 aromatic heterocycles. The summed E-state index contributed by atoms with van der Waals surface area (Å²) in [5, 5.41) is 8.88. The van der Waals surface area contributed by atoms with E-state index < -0.39 is 0 Å². The van der Waals surface area contributed by atoms with Gasteiger partial charge in [-0.3, -0.25) is 9.48 Å². The maximum Gasteiger partial charge on any atom is 0.259 e. The molecule has 0 bridgehead atoms. The van der Waals surface area contributed by atoms with Crippen LogP contribution in [0.1, 0.15) is 38.9 Å². The number of carbonyl (C=O) groups excluding carboxylic acids is 1. The van der Waals surface area contributed by atoms with Gasteiger partial charge in [0.25, 0.3) is 5.91 Å². The van der Waals surface area contributed by atoms with E-state index in [1.165, 1.54) is 22.6 Å². The Morgan fingerprint density at radius 1 is 1.24 bits per heavy atom. The molecule has 6 heteroatoms. The molecule has 25 heavy (non-hydrogen) atoms. The van der Waals surface area contributed by atoms with Gasteiger partial charge in [0, 0.05) is 34.1 Å². The van der Waals surface area contributed by atoms with Crippen LogP contribution in [0, 0.1) is 0 Å². The number of amides is 1. The van der Waals surface area contributed by atoms with Crippen molar-refractivity contribution >= 4 is 33.8 Å². The molecule has 4 heterocycles. The van der Waals surface area contributed by atoms with Crippen molar-refractivity contribution < 1.29 is 4.79 Å². The van der Waals surface area contributed by atoms with Gasteiger partial charge in [0.15, 0.2) is 0 Å². The van der Waals surface area contributed by atoms with Crippen LogP contribution in [0.15, 0.2) is 30.5 Å². The topological polar surface area (TPSA) is 50.2 Å². The van der Waals surface area contributed by atoms with Crippen LogP contribution in [-0.4, -0.2) is 28.8 Å². The van der Waals surface area contributed by atoms with E-state index in [1.807, 2.05) is 46.3 Å². The largest absolute Gasteiger partial charge is 0.317 e. The Morgan fingerprint density at radius 3 is 2.88 bits per heavy atom. The molecule has 2 aliphatic heterocycles. The summed E-state index contributed by atoms with van der Waals surface area (Å²) in [5.41, 5.74) is 2.82. The van der Waals surface area contributed by atoms with Crippen LogP contribution in [0.4, 0.5) is 5.69 Å². The van der Waals surface area contributed by atoms with E-state index in [1.54, 1.807) is 0 Å². The van der Waals surface area contributed by atoms with E-state index in [2.05, 4.69) is 22.5 Å². The molecule has 5 rings (SSSR count). The zero-order valence-corrected chi connectivity index (χ0v) is 15.0. The van der Waals surface area contributed by atoms with Gasteiger partial charge < -0.3 is 10.2 Å². The molecule has 1 saturated heterocycles. The van der Waals surface area contributed by atoms with E-state index in [4.69, 9.17) is 0 Å². The first kappa shape index (κ1) is 15.1. The third-order valence-corrected chi connectivity index (χ3v) is 6.54.